The normalized spacial score (nSPS) is 11.6. The molecule has 6 nitrogen and oxygen atoms in total. The molecule has 0 unspecified atom stereocenters. The number of esters is 1. The lowest BCUT2D eigenvalue weighted by Gasteiger charge is -2.05. The standard InChI is InChI=1S/C20H19FN2O4S/c1-3-27-15-7-4-13(5-8-15)19(25)22-20-23(11-10-18(24)26-2)16-9-6-14(21)12-17(16)28-20/h4-9,12H,3,10-11H2,1-2H3. The topological polar surface area (TPSA) is 69.9 Å². The first kappa shape index (κ1) is 19.8. The SMILES string of the molecule is CCOc1ccc(C(=O)N=c2sc3cc(F)ccc3n2CCC(=O)OC)cc1. The summed E-state index contributed by atoms with van der Waals surface area (Å²) in [6, 6.07) is 11.0. The third-order valence-electron chi connectivity index (χ3n) is 4.02. The third kappa shape index (κ3) is 4.45. The summed E-state index contributed by atoms with van der Waals surface area (Å²) in [5.41, 5.74) is 1.11. The number of hydrogen-bond acceptors (Lipinski definition) is 5. The van der Waals surface area contributed by atoms with Crippen molar-refractivity contribution >= 4 is 33.4 Å². The van der Waals surface area contributed by atoms with E-state index in [1.54, 1.807) is 34.9 Å². The molecule has 3 rings (SSSR count). The zero-order valence-electron chi connectivity index (χ0n) is 15.5. The van der Waals surface area contributed by atoms with E-state index < -0.39 is 5.91 Å². The monoisotopic (exact) mass is 402 g/mol. The van der Waals surface area contributed by atoms with Crippen LogP contribution >= 0.6 is 11.3 Å². The number of hydrogen-bond donors (Lipinski definition) is 0. The van der Waals surface area contributed by atoms with E-state index in [0.717, 1.165) is 0 Å². The molecule has 1 aromatic heterocycles. The van der Waals surface area contributed by atoms with Crippen molar-refractivity contribution in [1.29, 1.82) is 0 Å². The third-order valence-corrected chi connectivity index (χ3v) is 5.06. The lowest BCUT2D eigenvalue weighted by Crippen LogP contribution is -2.19. The van der Waals surface area contributed by atoms with Gasteiger partial charge in [-0.1, -0.05) is 11.3 Å². The lowest BCUT2D eigenvalue weighted by atomic mass is 10.2. The second-order valence-electron chi connectivity index (χ2n) is 5.85. The molecule has 0 atom stereocenters. The van der Waals surface area contributed by atoms with Crippen molar-refractivity contribution in [1.82, 2.24) is 4.57 Å². The number of methoxy groups -OCH3 is 1. The highest BCUT2D eigenvalue weighted by Gasteiger charge is 2.12. The number of benzene rings is 2. The molecular weight excluding hydrogens is 383 g/mol. The molecule has 0 aliphatic rings. The minimum absolute atomic E-state index is 0.115. The average Bonchev–Trinajstić information content (AvgIpc) is 3.02. The zero-order chi connectivity index (χ0) is 20.1. The Morgan fingerprint density at radius 1 is 1.18 bits per heavy atom. The number of amides is 1. The average molecular weight is 402 g/mol. The summed E-state index contributed by atoms with van der Waals surface area (Å²) in [7, 11) is 1.31. The minimum Gasteiger partial charge on any atom is -0.494 e. The Kier molecular flexibility index (Phi) is 6.20. The molecule has 1 heterocycles. The van der Waals surface area contributed by atoms with Gasteiger partial charge in [-0.15, -0.1) is 0 Å². The molecular formula is C20H19FN2O4S. The van der Waals surface area contributed by atoms with Crippen LogP contribution in [-0.4, -0.2) is 30.2 Å². The molecule has 1 amide bonds. The quantitative estimate of drug-likeness (QED) is 0.592. The van der Waals surface area contributed by atoms with E-state index >= 15 is 0 Å². The van der Waals surface area contributed by atoms with Gasteiger partial charge in [-0.2, -0.15) is 4.99 Å². The van der Waals surface area contributed by atoms with Crippen molar-refractivity contribution < 1.29 is 23.5 Å². The number of rotatable bonds is 6. The summed E-state index contributed by atoms with van der Waals surface area (Å²) in [5, 5.41) is 0. The van der Waals surface area contributed by atoms with Crippen LogP contribution in [0, 0.1) is 5.82 Å². The summed E-state index contributed by atoms with van der Waals surface area (Å²) in [4.78, 5) is 28.7. The van der Waals surface area contributed by atoms with E-state index in [1.165, 1.54) is 30.6 Å². The fourth-order valence-electron chi connectivity index (χ4n) is 2.67. The molecule has 146 valence electrons. The molecule has 28 heavy (non-hydrogen) atoms. The first-order valence-corrected chi connectivity index (χ1v) is 9.51. The number of aryl methyl sites for hydroxylation is 1. The molecule has 3 aromatic rings. The fourth-order valence-corrected chi connectivity index (χ4v) is 3.74. The maximum Gasteiger partial charge on any atom is 0.307 e. The van der Waals surface area contributed by atoms with Gasteiger partial charge in [0.2, 0.25) is 0 Å². The summed E-state index contributed by atoms with van der Waals surface area (Å²) in [5.74, 6) is -0.512. The Morgan fingerprint density at radius 3 is 2.61 bits per heavy atom. The lowest BCUT2D eigenvalue weighted by molar-refractivity contribution is -0.140. The Hall–Kier alpha value is -3.00. The van der Waals surface area contributed by atoms with E-state index in [-0.39, 0.29) is 24.8 Å². The van der Waals surface area contributed by atoms with Crippen LogP contribution in [0.4, 0.5) is 4.39 Å². The molecule has 0 aliphatic heterocycles. The van der Waals surface area contributed by atoms with E-state index in [9.17, 15) is 14.0 Å². The number of ether oxygens (including phenoxy) is 2. The molecule has 2 aromatic carbocycles. The molecule has 0 radical (unpaired) electrons. The second-order valence-corrected chi connectivity index (χ2v) is 6.86. The Morgan fingerprint density at radius 2 is 1.93 bits per heavy atom. The molecule has 8 heteroatoms. The Balaban J connectivity index is 1.99. The number of fused-ring (bicyclic) bond motifs is 1. The Labute approximate surface area is 164 Å². The minimum atomic E-state index is -0.429. The van der Waals surface area contributed by atoms with E-state index in [1.807, 2.05) is 6.92 Å². The largest absolute Gasteiger partial charge is 0.494 e. The van der Waals surface area contributed by atoms with E-state index in [0.29, 0.717) is 32.9 Å². The number of thiazole rings is 1. The van der Waals surface area contributed by atoms with Crippen LogP contribution < -0.4 is 9.54 Å². The van der Waals surface area contributed by atoms with Crippen LogP contribution in [0.2, 0.25) is 0 Å². The van der Waals surface area contributed by atoms with Gasteiger partial charge in [0.15, 0.2) is 4.80 Å². The van der Waals surface area contributed by atoms with E-state index in [2.05, 4.69) is 9.73 Å². The van der Waals surface area contributed by atoms with Crippen molar-refractivity contribution in [2.75, 3.05) is 13.7 Å². The summed E-state index contributed by atoms with van der Waals surface area (Å²) < 4.78 is 26.0. The van der Waals surface area contributed by atoms with Gasteiger partial charge in [0.1, 0.15) is 11.6 Å². The van der Waals surface area contributed by atoms with Crippen LogP contribution in [0.5, 0.6) is 5.75 Å². The first-order valence-electron chi connectivity index (χ1n) is 8.69. The van der Waals surface area contributed by atoms with Crippen LogP contribution in [0.25, 0.3) is 10.2 Å². The van der Waals surface area contributed by atoms with E-state index in [4.69, 9.17) is 4.74 Å². The first-order chi connectivity index (χ1) is 13.5. The maximum absolute atomic E-state index is 13.6. The maximum atomic E-state index is 13.6. The van der Waals surface area contributed by atoms with Crippen molar-refractivity contribution in [3.8, 4) is 5.75 Å². The van der Waals surface area contributed by atoms with Gasteiger partial charge in [0.25, 0.3) is 5.91 Å². The highest BCUT2D eigenvalue weighted by molar-refractivity contribution is 7.16. The highest BCUT2D eigenvalue weighted by Crippen LogP contribution is 2.19. The molecule has 0 aliphatic carbocycles. The molecule has 0 saturated carbocycles. The zero-order valence-corrected chi connectivity index (χ0v) is 16.3. The predicted octanol–water partition coefficient (Wildman–Crippen LogP) is 3.54. The van der Waals surface area contributed by atoms with Gasteiger partial charge in [-0.3, -0.25) is 9.59 Å². The number of halogens is 1. The Bertz CT molecular complexity index is 1070. The van der Waals surface area contributed by atoms with Crippen LogP contribution in [0.3, 0.4) is 0 Å². The van der Waals surface area contributed by atoms with Gasteiger partial charge in [0, 0.05) is 12.1 Å². The van der Waals surface area contributed by atoms with Gasteiger partial charge in [-0.05, 0) is 49.4 Å². The summed E-state index contributed by atoms with van der Waals surface area (Å²) in [6.07, 6.45) is 0.115. The summed E-state index contributed by atoms with van der Waals surface area (Å²) in [6.45, 7) is 2.69. The smallest absolute Gasteiger partial charge is 0.307 e. The molecule has 0 saturated heterocycles. The van der Waals surface area contributed by atoms with Crippen molar-refractivity contribution in [3.05, 3.63) is 58.6 Å². The number of nitrogens with zero attached hydrogens (tertiary/aromatic N) is 2. The molecule has 0 N–H and O–H groups in total. The van der Waals surface area contributed by atoms with Gasteiger partial charge < -0.3 is 14.0 Å². The van der Waals surface area contributed by atoms with Crippen LogP contribution in [-0.2, 0) is 16.1 Å². The fraction of sp³-hybridized carbons (Fsp3) is 0.250. The number of aromatic nitrogens is 1. The molecule has 0 fully saturated rings. The van der Waals surface area contributed by atoms with Gasteiger partial charge >= 0.3 is 5.97 Å². The van der Waals surface area contributed by atoms with Gasteiger partial charge in [-0.25, -0.2) is 4.39 Å². The second kappa shape index (κ2) is 8.79. The summed E-state index contributed by atoms with van der Waals surface area (Å²) >= 11 is 1.19. The molecule has 0 spiro atoms. The molecule has 0 bridgehead atoms. The van der Waals surface area contributed by atoms with Gasteiger partial charge in [0.05, 0.1) is 30.4 Å². The van der Waals surface area contributed by atoms with Crippen molar-refractivity contribution in [3.63, 3.8) is 0 Å². The number of carbonyl (C=O) groups excluding carboxylic acids is 2. The van der Waals surface area contributed by atoms with Crippen molar-refractivity contribution in [2.45, 2.75) is 19.9 Å². The van der Waals surface area contributed by atoms with Crippen molar-refractivity contribution in [2.24, 2.45) is 4.99 Å². The highest BCUT2D eigenvalue weighted by atomic mass is 32.1. The predicted molar refractivity (Wildman–Crippen MR) is 104 cm³/mol. The van der Waals surface area contributed by atoms with Crippen LogP contribution in [0.15, 0.2) is 47.5 Å². The van der Waals surface area contributed by atoms with Crippen LogP contribution in [0.1, 0.15) is 23.7 Å². The number of carbonyl (C=O) groups is 2.